The number of aryl methyl sites for hydroxylation is 2. The molecule has 4 aromatic rings. The van der Waals surface area contributed by atoms with Crippen molar-refractivity contribution in [3.63, 3.8) is 0 Å². The van der Waals surface area contributed by atoms with Crippen LogP contribution in [-0.4, -0.2) is 15.2 Å². The summed E-state index contributed by atoms with van der Waals surface area (Å²) in [6.07, 6.45) is 0. The summed E-state index contributed by atoms with van der Waals surface area (Å²) in [7, 11) is 0. The Balaban J connectivity index is 1.36. The predicted octanol–water partition coefficient (Wildman–Crippen LogP) is 5.17. The number of thioether (sulfide) groups is 1. The highest BCUT2D eigenvalue weighted by molar-refractivity contribution is 7.98. The van der Waals surface area contributed by atoms with Crippen LogP contribution in [0.3, 0.4) is 0 Å². The van der Waals surface area contributed by atoms with Gasteiger partial charge in [0.15, 0.2) is 6.61 Å². The van der Waals surface area contributed by atoms with Crippen molar-refractivity contribution in [2.75, 3.05) is 0 Å². The molecule has 2 aromatic heterocycles. The third-order valence-electron chi connectivity index (χ3n) is 3.80. The third kappa shape index (κ3) is 3.89. The first-order valence-corrected chi connectivity index (χ1v) is 9.97. The first-order valence-electron chi connectivity index (χ1n) is 8.17. The van der Waals surface area contributed by atoms with Gasteiger partial charge in [-0.05, 0) is 43.2 Å². The number of hydrogen-bond donors (Lipinski definition) is 0. The van der Waals surface area contributed by atoms with Gasteiger partial charge in [0.1, 0.15) is 10.8 Å². The van der Waals surface area contributed by atoms with Gasteiger partial charge in [0.25, 0.3) is 11.1 Å². The van der Waals surface area contributed by atoms with Crippen molar-refractivity contribution in [1.82, 2.24) is 15.2 Å². The zero-order chi connectivity index (χ0) is 17.9. The lowest BCUT2D eigenvalue weighted by Gasteiger charge is -2.07. The van der Waals surface area contributed by atoms with Gasteiger partial charge in [-0.15, -0.1) is 21.5 Å². The Labute approximate surface area is 159 Å². The largest absolute Gasteiger partial charge is 0.484 e. The van der Waals surface area contributed by atoms with Gasteiger partial charge in [0.2, 0.25) is 0 Å². The molecule has 0 fully saturated rings. The van der Waals surface area contributed by atoms with Gasteiger partial charge >= 0.3 is 0 Å². The molecular weight excluding hydrogens is 366 g/mol. The Morgan fingerprint density at radius 2 is 2.00 bits per heavy atom. The lowest BCUT2D eigenvalue weighted by molar-refractivity contribution is 0.250. The number of para-hydroxylation sites is 1. The van der Waals surface area contributed by atoms with Gasteiger partial charge < -0.3 is 9.15 Å². The summed E-state index contributed by atoms with van der Waals surface area (Å²) in [5.74, 6) is 2.02. The Morgan fingerprint density at radius 3 is 2.88 bits per heavy atom. The molecular formula is C19H17N3O2S2. The van der Waals surface area contributed by atoms with Crippen molar-refractivity contribution < 1.29 is 9.15 Å². The highest BCUT2D eigenvalue weighted by Crippen LogP contribution is 2.28. The van der Waals surface area contributed by atoms with Crippen LogP contribution in [0, 0.1) is 13.8 Å². The van der Waals surface area contributed by atoms with Crippen molar-refractivity contribution in [3.8, 4) is 5.75 Å². The molecule has 0 aliphatic rings. The van der Waals surface area contributed by atoms with Gasteiger partial charge in [-0.2, -0.15) is 0 Å². The smallest absolute Gasteiger partial charge is 0.277 e. The summed E-state index contributed by atoms with van der Waals surface area (Å²) in [6, 6.07) is 14.2. The molecule has 132 valence electrons. The van der Waals surface area contributed by atoms with E-state index in [4.69, 9.17) is 9.15 Å². The van der Waals surface area contributed by atoms with Gasteiger partial charge in [-0.1, -0.05) is 36.0 Å². The molecule has 0 aliphatic heterocycles. The monoisotopic (exact) mass is 383 g/mol. The predicted molar refractivity (Wildman–Crippen MR) is 104 cm³/mol. The number of nitrogens with zero attached hydrogens (tertiary/aromatic N) is 3. The van der Waals surface area contributed by atoms with Crippen molar-refractivity contribution in [1.29, 1.82) is 0 Å². The number of thiazole rings is 1. The van der Waals surface area contributed by atoms with Gasteiger partial charge in [0, 0.05) is 0 Å². The van der Waals surface area contributed by atoms with E-state index in [0.717, 1.165) is 27.4 Å². The van der Waals surface area contributed by atoms with Crippen molar-refractivity contribution >= 4 is 33.3 Å². The molecule has 4 rings (SSSR count). The minimum absolute atomic E-state index is 0.263. The fourth-order valence-corrected chi connectivity index (χ4v) is 4.20. The lowest BCUT2D eigenvalue weighted by atomic mass is 10.1. The maximum atomic E-state index is 5.80. The summed E-state index contributed by atoms with van der Waals surface area (Å²) < 4.78 is 12.7. The molecule has 0 saturated heterocycles. The van der Waals surface area contributed by atoms with E-state index >= 15 is 0 Å². The molecule has 2 heterocycles. The molecule has 0 bridgehead atoms. The molecule has 0 amide bonds. The topological polar surface area (TPSA) is 61.0 Å². The molecule has 0 aliphatic carbocycles. The first-order chi connectivity index (χ1) is 12.7. The summed E-state index contributed by atoms with van der Waals surface area (Å²) in [6.45, 7) is 4.32. The number of hydrogen-bond acceptors (Lipinski definition) is 7. The average molecular weight is 383 g/mol. The molecule has 2 aromatic carbocycles. The van der Waals surface area contributed by atoms with Crippen LogP contribution >= 0.6 is 23.1 Å². The van der Waals surface area contributed by atoms with Crippen molar-refractivity contribution in [2.45, 2.75) is 31.4 Å². The second-order valence-corrected chi connectivity index (χ2v) is 7.93. The van der Waals surface area contributed by atoms with E-state index in [-0.39, 0.29) is 6.61 Å². The van der Waals surface area contributed by atoms with Crippen molar-refractivity contribution in [3.05, 3.63) is 64.5 Å². The number of aromatic nitrogens is 3. The molecule has 0 atom stereocenters. The van der Waals surface area contributed by atoms with Crippen LogP contribution < -0.4 is 4.74 Å². The summed E-state index contributed by atoms with van der Waals surface area (Å²) in [4.78, 5) is 4.61. The summed E-state index contributed by atoms with van der Waals surface area (Å²) in [5, 5.41) is 9.71. The van der Waals surface area contributed by atoms with Crippen LogP contribution in [-0.2, 0) is 12.4 Å². The minimum atomic E-state index is 0.263. The molecule has 0 N–H and O–H groups in total. The maximum absolute atomic E-state index is 5.80. The van der Waals surface area contributed by atoms with E-state index in [1.165, 1.54) is 16.5 Å². The second kappa shape index (κ2) is 7.47. The second-order valence-electron chi connectivity index (χ2n) is 5.88. The van der Waals surface area contributed by atoms with E-state index in [9.17, 15) is 0 Å². The molecule has 26 heavy (non-hydrogen) atoms. The Kier molecular flexibility index (Phi) is 4.90. The van der Waals surface area contributed by atoms with Gasteiger partial charge in [-0.25, -0.2) is 4.98 Å². The van der Waals surface area contributed by atoms with E-state index in [0.29, 0.717) is 16.9 Å². The fraction of sp³-hybridized carbons (Fsp3) is 0.211. The van der Waals surface area contributed by atoms with Gasteiger partial charge in [-0.3, -0.25) is 0 Å². The molecule has 0 spiro atoms. The lowest BCUT2D eigenvalue weighted by Crippen LogP contribution is -1.97. The maximum Gasteiger partial charge on any atom is 0.277 e. The number of ether oxygens (including phenoxy) is 1. The quantitative estimate of drug-likeness (QED) is 0.428. The standard InChI is InChI=1S/C19H17N3O2S2/c1-12-7-8-13(2)15(9-12)23-10-17-21-22-19(24-17)25-11-18-20-14-5-3-4-6-16(14)26-18/h3-9H,10-11H2,1-2H3. The highest BCUT2D eigenvalue weighted by Gasteiger charge is 2.10. The van der Waals surface area contributed by atoms with Crippen LogP contribution in [0.2, 0.25) is 0 Å². The zero-order valence-corrected chi connectivity index (χ0v) is 16.1. The van der Waals surface area contributed by atoms with Crippen LogP contribution in [0.1, 0.15) is 22.0 Å². The summed E-state index contributed by atoms with van der Waals surface area (Å²) in [5.41, 5.74) is 3.27. The fourth-order valence-electron chi connectivity index (χ4n) is 2.46. The van der Waals surface area contributed by atoms with Crippen LogP contribution in [0.25, 0.3) is 10.2 Å². The molecule has 5 nitrogen and oxygen atoms in total. The van der Waals surface area contributed by atoms with Gasteiger partial charge in [0.05, 0.1) is 16.0 Å². The van der Waals surface area contributed by atoms with E-state index in [2.05, 4.69) is 27.3 Å². The van der Waals surface area contributed by atoms with Crippen molar-refractivity contribution in [2.24, 2.45) is 0 Å². The van der Waals surface area contributed by atoms with Crippen LogP contribution in [0.5, 0.6) is 5.75 Å². The van der Waals surface area contributed by atoms with E-state index < -0.39 is 0 Å². The van der Waals surface area contributed by atoms with Crippen LogP contribution in [0.4, 0.5) is 0 Å². The minimum Gasteiger partial charge on any atom is -0.484 e. The van der Waals surface area contributed by atoms with Crippen LogP contribution in [0.15, 0.2) is 52.1 Å². The zero-order valence-electron chi connectivity index (χ0n) is 14.4. The van der Waals surface area contributed by atoms with E-state index in [1.807, 2.05) is 44.2 Å². The Morgan fingerprint density at radius 1 is 1.12 bits per heavy atom. The molecule has 0 saturated carbocycles. The SMILES string of the molecule is Cc1ccc(C)c(OCc2nnc(SCc3nc4ccccc4s3)o2)c1. The number of rotatable bonds is 6. The van der Waals surface area contributed by atoms with E-state index in [1.54, 1.807) is 11.3 Å². The first kappa shape index (κ1) is 17.1. The number of benzene rings is 2. The summed E-state index contributed by atoms with van der Waals surface area (Å²) >= 11 is 3.18. The molecule has 7 heteroatoms. The Bertz CT molecular complexity index is 1010. The average Bonchev–Trinajstić information content (AvgIpc) is 3.26. The molecule has 0 unspecified atom stereocenters. The normalized spacial score (nSPS) is 11.2. The Hall–Kier alpha value is -2.38. The third-order valence-corrected chi connectivity index (χ3v) is 5.85. The highest BCUT2D eigenvalue weighted by atomic mass is 32.2. The number of fused-ring (bicyclic) bond motifs is 1. The molecule has 0 radical (unpaired) electrons.